The molecule has 2 bridgehead atoms. The Labute approximate surface area is 142 Å². The maximum atomic E-state index is 5.91. The summed E-state index contributed by atoms with van der Waals surface area (Å²) in [5.74, 6) is 3.00. The van der Waals surface area contributed by atoms with Gasteiger partial charge in [-0.1, -0.05) is 0 Å². The summed E-state index contributed by atoms with van der Waals surface area (Å²) < 4.78 is 5.91. The minimum atomic E-state index is -0.104. The number of methoxy groups -OCH3 is 1. The van der Waals surface area contributed by atoms with Gasteiger partial charge in [-0.3, -0.25) is 0 Å². The maximum absolute atomic E-state index is 5.91. The molecule has 0 N–H and O–H groups in total. The molecule has 3 aliphatic carbocycles. The number of rotatable bonds is 6. The summed E-state index contributed by atoms with van der Waals surface area (Å²) in [5, 5.41) is 2.63. The van der Waals surface area contributed by atoms with Crippen molar-refractivity contribution in [3.8, 4) is 0 Å². The van der Waals surface area contributed by atoms with Gasteiger partial charge in [-0.05, 0) is 0 Å². The van der Waals surface area contributed by atoms with Crippen molar-refractivity contribution in [1.29, 1.82) is 0 Å². The van der Waals surface area contributed by atoms with E-state index in [4.69, 9.17) is 4.74 Å². The van der Waals surface area contributed by atoms with Gasteiger partial charge >= 0.3 is 142 Å². The van der Waals surface area contributed by atoms with Gasteiger partial charge in [0.15, 0.2) is 0 Å². The molecule has 0 aliphatic heterocycles. The fraction of sp³-hybridized carbons (Fsp3) is 0.700. The van der Waals surface area contributed by atoms with Gasteiger partial charge in [0, 0.05) is 0 Å². The molecule has 0 heterocycles. The second-order valence-electron chi connectivity index (χ2n) is 8.01. The average Bonchev–Trinajstić information content (AvgIpc) is 2.55. The first-order valence-electron chi connectivity index (χ1n) is 8.66. The fourth-order valence-electron chi connectivity index (χ4n) is 4.62. The van der Waals surface area contributed by atoms with Crippen molar-refractivity contribution in [3.63, 3.8) is 0 Å². The van der Waals surface area contributed by atoms with Gasteiger partial charge in [0.05, 0.1) is 0 Å². The van der Waals surface area contributed by atoms with Crippen molar-refractivity contribution in [3.05, 3.63) is 35.9 Å². The van der Waals surface area contributed by atoms with E-state index in [1.807, 2.05) is 7.11 Å². The summed E-state index contributed by atoms with van der Waals surface area (Å²) in [7, 11) is 1.86. The van der Waals surface area contributed by atoms with Gasteiger partial charge < -0.3 is 0 Å². The SMILES string of the molecule is COC(C)(C[Se]C[C@@H]1CC[C@H]2C[C@@H]1C2(C)C)c1ccccc1. The molecule has 1 nitrogen and oxygen atoms in total. The van der Waals surface area contributed by atoms with Crippen molar-refractivity contribution in [2.24, 2.45) is 23.2 Å². The van der Waals surface area contributed by atoms with E-state index in [0.29, 0.717) is 20.4 Å². The van der Waals surface area contributed by atoms with Crippen LogP contribution < -0.4 is 0 Å². The summed E-state index contributed by atoms with van der Waals surface area (Å²) in [4.78, 5) is 0. The first-order chi connectivity index (χ1) is 10.5. The molecule has 0 spiro atoms. The summed E-state index contributed by atoms with van der Waals surface area (Å²) in [6.07, 6.45) is 4.47. The summed E-state index contributed by atoms with van der Waals surface area (Å²) in [6, 6.07) is 10.7. The number of hydrogen-bond acceptors (Lipinski definition) is 1. The van der Waals surface area contributed by atoms with Crippen LogP contribution in [0.3, 0.4) is 0 Å². The van der Waals surface area contributed by atoms with E-state index >= 15 is 0 Å². The van der Waals surface area contributed by atoms with Crippen LogP contribution in [-0.2, 0) is 10.3 Å². The van der Waals surface area contributed by atoms with Crippen LogP contribution in [0.25, 0.3) is 0 Å². The summed E-state index contributed by atoms with van der Waals surface area (Å²) >= 11 is 0.670. The normalized spacial score (nSPS) is 32.1. The Kier molecular flexibility index (Phi) is 4.74. The zero-order valence-corrected chi connectivity index (χ0v) is 16.2. The molecular weight excluding hydrogens is 335 g/mol. The second kappa shape index (κ2) is 6.30. The van der Waals surface area contributed by atoms with Crippen LogP contribution in [0.2, 0.25) is 10.6 Å². The van der Waals surface area contributed by atoms with Crippen LogP contribution in [0.15, 0.2) is 30.3 Å². The van der Waals surface area contributed by atoms with Crippen LogP contribution >= 0.6 is 0 Å². The van der Waals surface area contributed by atoms with Gasteiger partial charge in [0.2, 0.25) is 0 Å². The molecule has 3 saturated carbocycles. The first kappa shape index (κ1) is 16.6. The van der Waals surface area contributed by atoms with Crippen LogP contribution in [0.4, 0.5) is 0 Å². The molecule has 4 rings (SSSR count). The molecule has 122 valence electrons. The second-order valence-corrected chi connectivity index (χ2v) is 10.2. The molecular formula is C20H30OSe. The van der Waals surface area contributed by atoms with Crippen molar-refractivity contribution in [2.45, 2.75) is 56.3 Å². The third-order valence-corrected chi connectivity index (χ3v) is 9.52. The Morgan fingerprint density at radius 1 is 1.23 bits per heavy atom. The van der Waals surface area contributed by atoms with Crippen molar-refractivity contribution < 1.29 is 4.74 Å². The van der Waals surface area contributed by atoms with Gasteiger partial charge in [0.1, 0.15) is 0 Å². The van der Waals surface area contributed by atoms with Gasteiger partial charge in [-0.25, -0.2) is 0 Å². The predicted molar refractivity (Wildman–Crippen MR) is 94.3 cm³/mol. The monoisotopic (exact) mass is 366 g/mol. The molecule has 22 heavy (non-hydrogen) atoms. The zero-order valence-electron chi connectivity index (χ0n) is 14.5. The number of benzene rings is 1. The molecule has 0 aromatic heterocycles. The molecule has 3 fully saturated rings. The molecule has 4 atom stereocenters. The van der Waals surface area contributed by atoms with E-state index in [2.05, 4.69) is 51.1 Å². The minimum absolute atomic E-state index is 0.104. The van der Waals surface area contributed by atoms with E-state index in [-0.39, 0.29) is 5.60 Å². The molecule has 1 aromatic carbocycles. The zero-order chi connectivity index (χ0) is 15.8. The molecule has 1 unspecified atom stereocenters. The van der Waals surface area contributed by atoms with Crippen LogP contribution in [0.5, 0.6) is 0 Å². The van der Waals surface area contributed by atoms with Gasteiger partial charge in [-0.2, -0.15) is 0 Å². The van der Waals surface area contributed by atoms with E-state index in [0.717, 1.165) is 17.8 Å². The van der Waals surface area contributed by atoms with Crippen molar-refractivity contribution in [1.82, 2.24) is 0 Å². The molecule has 2 heteroatoms. The average molecular weight is 365 g/mol. The van der Waals surface area contributed by atoms with Crippen molar-refractivity contribution >= 4 is 15.0 Å². The third-order valence-electron chi connectivity index (χ3n) is 6.55. The third kappa shape index (κ3) is 2.90. The number of hydrogen-bond donors (Lipinski definition) is 0. The van der Waals surface area contributed by atoms with Crippen molar-refractivity contribution in [2.75, 3.05) is 7.11 Å². The number of ether oxygens (including phenoxy) is 1. The predicted octanol–water partition coefficient (Wildman–Crippen LogP) is 5.16. The van der Waals surface area contributed by atoms with E-state index in [9.17, 15) is 0 Å². The Hall–Kier alpha value is -0.301. The van der Waals surface area contributed by atoms with Gasteiger partial charge in [0.25, 0.3) is 0 Å². The molecule has 0 amide bonds. The molecule has 3 aliphatic rings. The van der Waals surface area contributed by atoms with E-state index < -0.39 is 0 Å². The Morgan fingerprint density at radius 2 is 1.95 bits per heavy atom. The summed E-state index contributed by atoms with van der Waals surface area (Å²) in [6.45, 7) is 7.27. The summed E-state index contributed by atoms with van der Waals surface area (Å²) in [5.41, 5.74) is 1.85. The molecule has 0 saturated heterocycles. The Balaban J connectivity index is 1.56. The van der Waals surface area contributed by atoms with Crippen LogP contribution in [0, 0.1) is 23.2 Å². The van der Waals surface area contributed by atoms with E-state index in [1.54, 1.807) is 0 Å². The quantitative estimate of drug-likeness (QED) is 0.633. The number of fused-ring (bicyclic) bond motifs is 2. The van der Waals surface area contributed by atoms with Crippen LogP contribution in [0.1, 0.15) is 45.6 Å². The first-order valence-corrected chi connectivity index (χ1v) is 11.1. The Morgan fingerprint density at radius 3 is 2.55 bits per heavy atom. The molecule has 1 aromatic rings. The fourth-order valence-corrected chi connectivity index (χ4v) is 7.75. The molecule has 0 radical (unpaired) electrons. The van der Waals surface area contributed by atoms with Gasteiger partial charge in [-0.15, -0.1) is 0 Å². The standard InChI is InChI=1S/C20H30OSe/c1-19(2)17-11-10-15(18(19)12-17)13-22-14-20(3,21-4)16-8-6-5-7-9-16/h5-9,15,17-18H,10-14H2,1-4H3/t15-,17-,18-,20?/m0/s1. The van der Waals surface area contributed by atoms with Crippen LogP contribution in [-0.4, -0.2) is 22.1 Å². The van der Waals surface area contributed by atoms with E-state index in [1.165, 1.54) is 35.5 Å². The topological polar surface area (TPSA) is 9.23 Å². The Bertz CT molecular complexity index is 496.